The second-order valence-corrected chi connectivity index (χ2v) is 8.99. The van der Waals surface area contributed by atoms with E-state index in [1.165, 1.54) is 0 Å². The Morgan fingerprint density at radius 1 is 1.12 bits per heavy atom. The zero-order valence-electron chi connectivity index (χ0n) is 18.4. The van der Waals surface area contributed by atoms with Gasteiger partial charge in [-0.15, -0.1) is 0 Å². The Labute approximate surface area is 192 Å². The van der Waals surface area contributed by atoms with Gasteiger partial charge in [0.1, 0.15) is 18.9 Å². The van der Waals surface area contributed by atoms with E-state index in [2.05, 4.69) is 4.57 Å². The molecular weight excluding hydrogens is 426 g/mol. The molecule has 0 unspecified atom stereocenters. The highest BCUT2D eigenvalue weighted by Gasteiger charge is 2.37. The molecule has 0 saturated carbocycles. The Balaban J connectivity index is 1.43. The van der Waals surface area contributed by atoms with E-state index in [9.17, 15) is 14.4 Å². The highest BCUT2D eigenvalue weighted by molar-refractivity contribution is 8.18. The number of likely N-dealkylation sites (tertiary alicyclic amines) is 1. The first-order valence-corrected chi connectivity index (χ1v) is 11.6. The van der Waals surface area contributed by atoms with Crippen LogP contribution in [0.4, 0.5) is 4.79 Å². The molecule has 3 heterocycles. The molecule has 4 rings (SSSR count). The number of ether oxygens (including phenoxy) is 1. The fourth-order valence-electron chi connectivity index (χ4n) is 4.07. The van der Waals surface area contributed by atoms with Gasteiger partial charge in [-0.25, -0.2) is 0 Å². The van der Waals surface area contributed by atoms with Crippen molar-refractivity contribution in [3.63, 3.8) is 0 Å². The highest BCUT2D eigenvalue weighted by Crippen LogP contribution is 2.33. The van der Waals surface area contributed by atoms with Crippen LogP contribution in [0.15, 0.2) is 41.3 Å². The van der Waals surface area contributed by atoms with Crippen LogP contribution in [0.3, 0.4) is 0 Å². The van der Waals surface area contributed by atoms with E-state index in [4.69, 9.17) is 4.74 Å². The molecule has 2 aliphatic heterocycles. The van der Waals surface area contributed by atoms with E-state index >= 15 is 0 Å². The summed E-state index contributed by atoms with van der Waals surface area (Å²) < 4.78 is 7.94. The van der Waals surface area contributed by atoms with Crippen LogP contribution in [0.2, 0.25) is 0 Å². The zero-order valence-corrected chi connectivity index (χ0v) is 19.2. The Morgan fingerprint density at radius 2 is 1.84 bits per heavy atom. The number of hydrogen-bond acceptors (Lipinski definition) is 5. The topological polar surface area (TPSA) is 71.9 Å². The second kappa shape index (κ2) is 9.65. The van der Waals surface area contributed by atoms with Gasteiger partial charge >= 0.3 is 0 Å². The highest BCUT2D eigenvalue weighted by atomic mass is 32.2. The predicted molar refractivity (Wildman–Crippen MR) is 124 cm³/mol. The van der Waals surface area contributed by atoms with E-state index in [0.717, 1.165) is 52.2 Å². The number of rotatable bonds is 7. The van der Waals surface area contributed by atoms with Gasteiger partial charge in [-0.2, -0.15) is 0 Å². The summed E-state index contributed by atoms with van der Waals surface area (Å²) in [4.78, 5) is 40.8. The molecule has 2 saturated heterocycles. The van der Waals surface area contributed by atoms with Crippen molar-refractivity contribution in [3.8, 4) is 5.75 Å². The van der Waals surface area contributed by atoms with Gasteiger partial charge in [0.05, 0.1) is 11.4 Å². The number of thioether (sulfide) groups is 1. The van der Waals surface area contributed by atoms with E-state index in [1.54, 1.807) is 11.0 Å². The smallest absolute Gasteiger partial charge is 0.294 e. The van der Waals surface area contributed by atoms with Gasteiger partial charge in [-0.05, 0) is 68.3 Å². The molecule has 0 spiro atoms. The molecule has 168 valence electrons. The third-order valence-electron chi connectivity index (χ3n) is 5.85. The predicted octanol–water partition coefficient (Wildman–Crippen LogP) is 3.84. The lowest BCUT2D eigenvalue weighted by Gasteiger charge is -2.18. The molecule has 3 amide bonds. The number of aryl methyl sites for hydroxylation is 1. The summed E-state index contributed by atoms with van der Waals surface area (Å²) in [6.45, 7) is 6.41. The van der Waals surface area contributed by atoms with Crippen LogP contribution >= 0.6 is 11.8 Å². The van der Waals surface area contributed by atoms with Crippen molar-refractivity contribution < 1.29 is 19.1 Å². The lowest BCUT2D eigenvalue weighted by Crippen LogP contribution is -2.40. The second-order valence-electron chi connectivity index (χ2n) is 8.00. The minimum Gasteiger partial charge on any atom is -0.492 e. The minimum atomic E-state index is -0.398. The fraction of sp³-hybridized carbons (Fsp3) is 0.375. The van der Waals surface area contributed by atoms with Crippen molar-refractivity contribution in [1.82, 2.24) is 14.4 Å². The SMILES string of the molecule is Cc1cc(/C=C2\SC(=O)N(CC(=O)N3CCCC3)C2=O)c(C)n1CCOc1ccccc1. The van der Waals surface area contributed by atoms with Gasteiger partial charge in [0.15, 0.2) is 0 Å². The molecule has 1 aromatic heterocycles. The maximum absolute atomic E-state index is 12.8. The quantitative estimate of drug-likeness (QED) is 0.596. The van der Waals surface area contributed by atoms with Crippen LogP contribution in [0, 0.1) is 13.8 Å². The average molecular weight is 454 g/mol. The van der Waals surface area contributed by atoms with Gasteiger partial charge in [-0.3, -0.25) is 19.3 Å². The molecule has 0 bridgehead atoms. The molecule has 8 heteroatoms. The number of carbonyl (C=O) groups excluding carboxylic acids is 3. The fourth-order valence-corrected chi connectivity index (χ4v) is 4.90. The van der Waals surface area contributed by atoms with Gasteiger partial charge in [0.2, 0.25) is 5.91 Å². The Kier molecular flexibility index (Phi) is 6.69. The molecule has 0 radical (unpaired) electrons. The zero-order chi connectivity index (χ0) is 22.7. The van der Waals surface area contributed by atoms with Crippen LogP contribution in [0.1, 0.15) is 29.8 Å². The summed E-state index contributed by atoms with van der Waals surface area (Å²) in [6, 6.07) is 11.7. The van der Waals surface area contributed by atoms with Crippen molar-refractivity contribution in [1.29, 1.82) is 0 Å². The van der Waals surface area contributed by atoms with Crippen molar-refractivity contribution >= 4 is 34.9 Å². The summed E-state index contributed by atoms with van der Waals surface area (Å²) in [6.07, 6.45) is 3.70. The number of imide groups is 1. The number of carbonyl (C=O) groups is 3. The molecular formula is C24H27N3O4S. The van der Waals surface area contributed by atoms with E-state index < -0.39 is 5.91 Å². The van der Waals surface area contributed by atoms with Gasteiger partial charge in [-0.1, -0.05) is 18.2 Å². The van der Waals surface area contributed by atoms with Crippen molar-refractivity contribution in [3.05, 3.63) is 58.3 Å². The van der Waals surface area contributed by atoms with Gasteiger partial charge in [0.25, 0.3) is 11.1 Å². The van der Waals surface area contributed by atoms with Crippen LogP contribution in [-0.2, 0) is 16.1 Å². The van der Waals surface area contributed by atoms with Gasteiger partial charge in [0, 0.05) is 24.5 Å². The number of para-hydroxylation sites is 1. The molecule has 2 aromatic rings. The van der Waals surface area contributed by atoms with Crippen LogP contribution in [-0.4, -0.2) is 57.7 Å². The number of amides is 3. The Hall–Kier alpha value is -3.00. The normalized spacial score (nSPS) is 17.6. The van der Waals surface area contributed by atoms with Crippen LogP contribution < -0.4 is 4.74 Å². The van der Waals surface area contributed by atoms with E-state index in [1.807, 2.05) is 50.2 Å². The summed E-state index contributed by atoms with van der Waals surface area (Å²) in [7, 11) is 0. The monoisotopic (exact) mass is 453 g/mol. The maximum Gasteiger partial charge on any atom is 0.294 e. The minimum absolute atomic E-state index is 0.164. The first-order valence-electron chi connectivity index (χ1n) is 10.8. The molecule has 0 N–H and O–H groups in total. The summed E-state index contributed by atoms with van der Waals surface area (Å²) in [5.41, 5.74) is 2.94. The van der Waals surface area contributed by atoms with Crippen molar-refractivity contribution in [2.45, 2.75) is 33.2 Å². The Morgan fingerprint density at radius 3 is 2.56 bits per heavy atom. The number of benzene rings is 1. The van der Waals surface area contributed by atoms with Crippen molar-refractivity contribution in [2.24, 2.45) is 0 Å². The van der Waals surface area contributed by atoms with Gasteiger partial charge < -0.3 is 14.2 Å². The molecule has 32 heavy (non-hydrogen) atoms. The lowest BCUT2D eigenvalue weighted by atomic mass is 10.2. The number of nitrogens with zero attached hydrogens (tertiary/aromatic N) is 3. The molecule has 0 aliphatic carbocycles. The largest absolute Gasteiger partial charge is 0.492 e. The average Bonchev–Trinajstić information content (AvgIpc) is 3.47. The summed E-state index contributed by atoms with van der Waals surface area (Å²) in [5.74, 6) is 0.264. The molecule has 1 aromatic carbocycles. The standard InChI is InChI=1S/C24H27N3O4S/c1-17-14-19(18(2)26(17)12-13-31-20-8-4-3-5-9-20)15-21-23(29)27(24(30)32-21)16-22(28)25-10-6-7-11-25/h3-5,8-9,14-15H,6-7,10-13,16H2,1-2H3/b21-15-. The molecule has 7 nitrogen and oxygen atoms in total. The number of aromatic nitrogens is 1. The molecule has 2 aliphatic rings. The number of hydrogen-bond donors (Lipinski definition) is 0. The molecule has 0 atom stereocenters. The van der Waals surface area contributed by atoms with E-state index in [-0.39, 0.29) is 17.7 Å². The lowest BCUT2D eigenvalue weighted by molar-refractivity contribution is -0.135. The molecule has 2 fully saturated rings. The van der Waals surface area contributed by atoms with Crippen LogP contribution in [0.5, 0.6) is 5.75 Å². The van der Waals surface area contributed by atoms with E-state index in [0.29, 0.717) is 31.1 Å². The Bertz CT molecular complexity index is 1050. The third kappa shape index (κ3) is 4.75. The summed E-state index contributed by atoms with van der Waals surface area (Å²) >= 11 is 0.894. The van der Waals surface area contributed by atoms with Crippen molar-refractivity contribution in [2.75, 3.05) is 26.2 Å². The summed E-state index contributed by atoms with van der Waals surface area (Å²) in [5, 5.41) is -0.390. The third-order valence-corrected chi connectivity index (χ3v) is 6.76. The first-order chi connectivity index (χ1) is 15.4. The van der Waals surface area contributed by atoms with Crippen LogP contribution in [0.25, 0.3) is 6.08 Å². The first kappa shape index (κ1) is 22.2. The maximum atomic E-state index is 12.8.